The number of hydrogen-bond acceptors (Lipinski definition) is 5. The molecular formula is C21H26O5. The summed E-state index contributed by atoms with van der Waals surface area (Å²) >= 11 is 0. The van der Waals surface area contributed by atoms with Gasteiger partial charge in [0.1, 0.15) is 18.0 Å². The average Bonchev–Trinajstić information content (AvgIpc) is 2.68. The molecule has 26 heavy (non-hydrogen) atoms. The summed E-state index contributed by atoms with van der Waals surface area (Å²) in [4.78, 5) is 0. The molecule has 0 fully saturated rings. The standard InChI is InChI=1S/C21H26O5/c1-24-19-11-9-18(10-12-19)15-26-16-21(23)20(22)8-5-13-25-14-17-6-3-2-4-7-17/h2-12,20-23H,13-16H2,1H3/b8-5-/t20-,21+/m1/s1. The highest BCUT2D eigenvalue weighted by Crippen LogP contribution is 2.12. The second-order valence-corrected chi connectivity index (χ2v) is 5.85. The first-order valence-corrected chi connectivity index (χ1v) is 8.54. The molecule has 140 valence electrons. The van der Waals surface area contributed by atoms with Gasteiger partial charge in [0.05, 0.1) is 33.5 Å². The maximum atomic E-state index is 9.93. The molecule has 0 unspecified atom stereocenters. The summed E-state index contributed by atoms with van der Waals surface area (Å²) < 4.78 is 16.0. The molecule has 0 aromatic heterocycles. The normalized spacial score (nSPS) is 13.7. The highest BCUT2D eigenvalue weighted by atomic mass is 16.5. The van der Waals surface area contributed by atoms with Crippen LogP contribution >= 0.6 is 0 Å². The van der Waals surface area contributed by atoms with Gasteiger partial charge in [-0.05, 0) is 23.3 Å². The number of methoxy groups -OCH3 is 1. The van der Waals surface area contributed by atoms with Crippen LogP contribution in [0.3, 0.4) is 0 Å². The minimum atomic E-state index is -0.994. The van der Waals surface area contributed by atoms with E-state index < -0.39 is 12.2 Å². The molecule has 2 rings (SSSR count). The third-order valence-corrected chi connectivity index (χ3v) is 3.77. The predicted molar refractivity (Wildman–Crippen MR) is 99.9 cm³/mol. The summed E-state index contributed by atoms with van der Waals surface area (Å²) in [5.41, 5.74) is 2.06. The zero-order valence-corrected chi connectivity index (χ0v) is 15.0. The maximum Gasteiger partial charge on any atom is 0.118 e. The van der Waals surface area contributed by atoms with Crippen molar-refractivity contribution in [2.45, 2.75) is 25.4 Å². The first-order chi connectivity index (χ1) is 12.7. The molecule has 0 radical (unpaired) electrons. The van der Waals surface area contributed by atoms with Crippen molar-refractivity contribution in [3.8, 4) is 5.75 Å². The van der Waals surface area contributed by atoms with E-state index in [1.165, 1.54) is 6.08 Å². The van der Waals surface area contributed by atoms with Gasteiger partial charge in [-0.3, -0.25) is 0 Å². The summed E-state index contributed by atoms with van der Waals surface area (Å²) in [5.74, 6) is 0.781. The molecule has 2 atom stereocenters. The Hall–Kier alpha value is -2.18. The fourth-order valence-electron chi connectivity index (χ4n) is 2.26. The van der Waals surface area contributed by atoms with E-state index in [0.717, 1.165) is 16.9 Å². The van der Waals surface area contributed by atoms with Crippen molar-refractivity contribution >= 4 is 0 Å². The van der Waals surface area contributed by atoms with Crippen LogP contribution in [0.25, 0.3) is 0 Å². The zero-order chi connectivity index (χ0) is 18.6. The molecule has 2 aromatic carbocycles. The minimum absolute atomic E-state index is 0.0441. The van der Waals surface area contributed by atoms with E-state index in [2.05, 4.69) is 0 Å². The van der Waals surface area contributed by atoms with Crippen molar-refractivity contribution in [2.24, 2.45) is 0 Å². The Morgan fingerprint density at radius 3 is 2.23 bits per heavy atom. The first kappa shape index (κ1) is 20.1. The Morgan fingerprint density at radius 2 is 1.54 bits per heavy atom. The Balaban J connectivity index is 1.61. The molecule has 0 saturated carbocycles. The Labute approximate surface area is 154 Å². The quantitative estimate of drug-likeness (QED) is 0.477. The topological polar surface area (TPSA) is 68.2 Å². The van der Waals surface area contributed by atoms with Gasteiger partial charge in [0.25, 0.3) is 0 Å². The van der Waals surface area contributed by atoms with Gasteiger partial charge in [0.2, 0.25) is 0 Å². The molecule has 2 N–H and O–H groups in total. The van der Waals surface area contributed by atoms with Crippen LogP contribution in [0.2, 0.25) is 0 Å². The van der Waals surface area contributed by atoms with Crippen molar-refractivity contribution in [3.05, 3.63) is 77.9 Å². The van der Waals surface area contributed by atoms with Gasteiger partial charge in [-0.15, -0.1) is 0 Å². The zero-order valence-electron chi connectivity index (χ0n) is 15.0. The number of hydrogen-bond donors (Lipinski definition) is 2. The summed E-state index contributed by atoms with van der Waals surface area (Å²) in [5, 5.41) is 19.8. The summed E-state index contributed by atoms with van der Waals surface area (Å²) in [6, 6.07) is 17.3. The lowest BCUT2D eigenvalue weighted by atomic mass is 10.2. The summed E-state index contributed by atoms with van der Waals surface area (Å²) in [6.07, 6.45) is 1.23. The van der Waals surface area contributed by atoms with E-state index >= 15 is 0 Å². The Kier molecular flexibility index (Phi) is 8.86. The van der Waals surface area contributed by atoms with E-state index in [0.29, 0.717) is 19.8 Å². The van der Waals surface area contributed by atoms with Crippen LogP contribution in [0.15, 0.2) is 66.7 Å². The van der Waals surface area contributed by atoms with Crippen LogP contribution in [0.5, 0.6) is 5.75 Å². The van der Waals surface area contributed by atoms with Crippen LogP contribution < -0.4 is 4.74 Å². The number of benzene rings is 2. The smallest absolute Gasteiger partial charge is 0.118 e. The van der Waals surface area contributed by atoms with E-state index in [1.807, 2.05) is 54.6 Å². The Morgan fingerprint density at radius 1 is 0.885 bits per heavy atom. The van der Waals surface area contributed by atoms with E-state index in [1.54, 1.807) is 13.2 Å². The monoisotopic (exact) mass is 358 g/mol. The Bertz CT molecular complexity index is 639. The number of aliphatic hydroxyl groups excluding tert-OH is 2. The number of rotatable bonds is 11. The lowest BCUT2D eigenvalue weighted by Crippen LogP contribution is -2.28. The molecule has 0 aliphatic heterocycles. The van der Waals surface area contributed by atoms with Gasteiger partial charge in [-0.25, -0.2) is 0 Å². The van der Waals surface area contributed by atoms with Gasteiger partial charge in [0, 0.05) is 0 Å². The summed E-state index contributed by atoms with van der Waals surface area (Å²) in [7, 11) is 1.61. The van der Waals surface area contributed by atoms with Crippen molar-refractivity contribution in [2.75, 3.05) is 20.3 Å². The van der Waals surface area contributed by atoms with Crippen LogP contribution in [0, 0.1) is 0 Å². The van der Waals surface area contributed by atoms with E-state index in [-0.39, 0.29) is 6.61 Å². The van der Waals surface area contributed by atoms with Crippen LogP contribution in [0.1, 0.15) is 11.1 Å². The fraction of sp³-hybridized carbons (Fsp3) is 0.333. The van der Waals surface area contributed by atoms with Gasteiger partial charge in [0.15, 0.2) is 0 Å². The first-order valence-electron chi connectivity index (χ1n) is 8.54. The molecule has 2 aromatic rings. The largest absolute Gasteiger partial charge is 0.497 e. The lowest BCUT2D eigenvalue weighted by molar-refractivity contribution is -0.0250. The predicted octanol–water partition coefficient (Wildman–Crippen LogP) is 2.71. The second-order valence-electron chi connectivity index (χ2n) is 5.85. The molecular weight excluding hydrogens is 332 g/mol. The van der Waals surface area contributed by atoms with Crippen molar-refractivity contribution in [1.82, 2.24) is 0 Å². The number of aliphatic hydroxyl groups is 2. The molecule has 0 bridgehead atoms. The van der Waals surface area contributed by atoms with Crippen molar-refractivity contribution in [3.63, 3.8) is 0 Å². The highest BCUT2D eigenvalue weighted by Gasteiger charge is 2.13. The molecule has 0 saturated heterocycles. The summed E-state index contributed by atoms with van der Waals surface area (Å²) in [6.45, 7) is 1.28. The highest BCUT2D eigenvalue weighted by molar-refractivity contribution is 5.26. The van der Waals surface area contributed by atoms with E-state index in [9.17, 15) is 10.2 Å². The minimum Gasteiger partial charge on any atom is -0.497 e. The average molecular weight is 358 g/mol. The third-order valence-electron chi connectivity index (χ3n) is 3.77. The van der Waals surface area contributed by atoms with E-state index in [4.69, 9.17) is 14.2 Å². The molecule has 5 heteroatoms. The molecule has 0 amide bonds. The molecule has 0 spiro atoms. The van der Waals surface area contributed by atoms with Gasteiger partial charge in [-0.1, -0.05) is 54.6 Å². The maximum absolute atomic E-state index is 9.93. The number of ether oxygens (including phenoxy) is 3. The van der Waals surface area contributed by atoms with Gasteiger partial charge < -0.3 is 24.4 Å². The van der Waals surface area contributed by atoms with Gasteiger partial charge >= 0.3 is 0 Å². The third kappa shape index (κ3) is 7.37. The molecule has 0 heterocycles. The fourth-order valence-corrected chi connectivity index (χ4v) is 2.26. The van der Waals surface area contributed by atoms with Gasteiger partial charge in [-0.2, -0.15) is 0 Å². The second kappa shape index (κ2) is 11.4. The molecule has 0 aliphatic carbocycles. The van der Waals surface area contributed by atoms with Crippen molar-refractivity contribution < 1.29 is 24.4 Å². The lowest BCUT2D eigenvalue weighted by Gasteiger charge is -2.15. The van der Waals surface area contributed by atoms with Crippen molar-refractivity contribution in [1.29, 1.82) is 0 Å². The van der Waals surface area contributed by atoms with Crippen LogP contribution in [-0.4, -0.2) is 42.7 Å². The SMILES string of the molecule is COc1ccc(COC[C@H](O)[C@H](O)/C=C\COCc2ccccc2)cc1. The van der Waals surface area contributed by atoms with Crippen LogP contribution in [-0.2, 0) is 22.7 Å². The molecule has 5 nitrogen and oxygen atoms in total. The van der Waals surface area contributed by atoms with Crippen LogP contribution in [0.4, 0.5) is 0 Å². The molecule has 0 aliphatic rings.